The van der Waals surface area contributed by atoms with Gasteiger partial charge >= 0.3 is 0 Å². The number of hydrogen-bond acceptors (Lipinski definition) is 4. The van der Waals surface area contributed by atoms with Crippen LogP contribution in [-0.4, -0.2) is 25.1 Å². The predicted molar refractivity (Wildman–Crippen MR) is 140 cm³/mol. The highest BCUT2D eigenvalue weighted by Crippen LogP contribution is 2.28. The Morgan fingerprint density at radius 1 is 1.03 bits per heavy atom. The molecule has 7 heteroatoms. The van der Waals surface area contributed by atoms with Crippen LogP contribution in [0.2, 0.25) is 0 Å². The lowest BCUT2D eigenvalue weighted by Crippen LogP contribution is -2.06. The third-order valence-electron chi connectivity index (χ3n) is 6.13. The zero-order chi connectivity index (χ0) is 25.9. The van der Waals surface area contributed by atoms with Crippen LogP contribution < -0.4 is 0 Å². The number of rotatable bonds is 6. The Kier molecular flexibility index (Phi) is 6.31. The van der Waals surface area contributed by atoms with Crippen LogP contribution in [0.1, 0.15) is 27.3 Å². The molecule has 0 aliphatic heterocycles. The third-order valence-corrected chi connectivity index (χ3v) is 6.13. The van der Waals surface area contributed by atoms with Gasteiger partial charge in [-0.15, -0.1) is 0 Å². The van der Waals surface area contributed by atoms with Crippen molar-refractivity contribution < 1.29 is 9.18 Å². The maximum Gasteiger partial charge on any atom is 0.205 e. The molecule has 6 nitrogen and oxygen atoms in total. The Hall–Kier alpha value is -5.09. The van der Waals surface area contributed by atoms with Gasteiger partial charge in [-0.25, -0.2) is 9.07 Å². The molecule has 0 spiro atoms. The van der Waals surface area contributed by atoms with E-state index in [-0.39, 0.29) is 5.57 Å². The number of hydrogen-bond donors (Lipinski definition) is 0. The van der Waals surface area contributed by atoms with Crippen molar-refractivity contribution in [1.82, 2.24) is 19.3 Å². The summed E-state index contributed by atoms with van der Waals surface area (Å²) in [6.07, 6.45) is 6.69. The minimum Gasteiger partial charge on any atom is -0.315 e. The number of aromatic nitrogens is 4. The molecule has 5 rings (SSSR count). The Balaban J connectivity index is 1.60. The van der Waals surface area contributed by atoms with Crippen molar-refractivity contribution in [3.63, 3.8) is 0 Å². The monoisotopic (exact) mass is 487 g/mol. The van der Waals surface area contributed by atoms with Crippen LogP contribution >= 0.6 is 0 Å². The summed E-state index contributed by atoms with van der Waals surface area (Å²) in [7, 11) is 0. The normalized spacial score (nSPS) is 11.4. The zero-order valence-corrected chi connectivity index (χ0v) is 20.3. The van der Waals surface area contributed by atoms with Crippen LogP contribution in [-0.2, 0) is 0 Å². The van der Waals surface area contributed by atoms with Crippen molar-refractivity contribution in [2.45, 2.75) is 13.8 Å². The molecule has 0 fully saturated rings. The van der Waals surface area contributed by atoms with Crippen molar-refractivity contribution in [2.24, 2.45) is 0 Å². The van der Waals surface area contributed by atoms with E-state index in [1.54, 1.807) is 78.1 Å². The third kappa shape index (κ3) is 4.48. The van der Waals surface area contributed by atoms with Gasteiger partial charge in [0.2, 0.25) is 5.78 Å². The molecule has 0 saturated heterocycles. The lowest BCUT2D eigenvalue weighted by Gasteiger charge is -2.10. The van der Waals surface area contributed by atoms with Crippen LogP contribution in [0, 0.1) is 31.0 Å². The Morgan fingerprint density at radius 2 is 1.78 bits per heavy atom. The van der Waals surface area contributed by atoms with Gasteiger partial charge in [0.1, 0.15) is 23.2 Å². The lowest BCUT2D eigenvalue weighted by molar-refractivity contribution is 0.103. The maximum absolute atomic E-state index is 14.5. The highest BCUT2D eigenvalue weighted by atomic mass is 19.1. The molecule has 180 valence electrons. The number of pyridine rings is 1. The first-order chi connectivity index (χ1) is 18.0. The first kappa shape index (κ1) is 23.6. The predicted octanol–water partition coefficient (Wildman–Crippen LogP) is 6.27. The summed E-state index contributed by atoms with van der Waals surface area (Å²) in [4.78, 5) is 17.8. The summed E-state index contributed by atoms with van der Waals surface area (Å²) in [5.74, 6) is -0.837. The van der Waals surface area contributed by atoms with E-state index in [9.17, 15) is 14.4 Å². The molecule has 3 heterocycles. The van der Waals surface area contributed by atoms with E-state index in [1.807, 2.05) is 36.4 Å². The van der Waals surface area contributed by atoms with Crippen LogP contribution in [0.15, 0.2) is 97.0 Å². The largest absolute Gasteiger partial charge is 0.315 e. The van der Waals surface area contributed by atoms with Gasteiger partial charge in [-0.3, -0.25) is 9.78 Å². The molecule has 0 amide bonds. The number of aryl methyl sites for hydroxylation is 1. The molecule has 37 heavy (non-hydrogen) atoms. The molecule has 0 atom stereocenters. The zero-order valence-electron chi connectivity index (χ0n) is 20.3. The summed E-state index contributed by atoms with van der Waals surface area (Å²) in [6.45, 7) is 3.55. The van der Waals surface area contributed by atoms with Crippen LogP contribution in [0.5, 0.6) is 0 Å². The number of allylic oxidation sites excluding steroid dienone is 1. The molecule has 0 bridgehead atoms. The number of ketones is 1. The van der Waals surface area contributed by atoms with Gasteiger partial charge in [0.25, 0.3) is 0 Å². The Labute approximate surface area is 213 Å². The molecule has 0 unspecified atom stereocenters. The minimum absolute atomic E-state index is 0.0495. The fraction of sp³-hybridized carbons (Fsp3) is 0.0667. The second-order valence-corrected chi connectivity index (χ2v) is 8.53. The van der Waals surface area contributed by atoms with E-state index < -0.39 is 11.6 Å². The average Bonchev–Trinajstić information content (AvgIpc) is 3.48. The highest BCUT2D eigenvalue weighted by Gasteiger charge is 2.22. The minimum atomic E-state index is -0.442. The number of Topliss-reactive ketones (excluding diaryl/α,β-unsaturated/α-hetero) is 1. The number of carbonyl (C=O) groups excluding carboxylic acids is 1. The first-order valence-electron chi connectivity index (χ1n) is 11.6. The molecule has 0 aliphatic carbocycles. The van der Waals surface area contributed by atoms with Crippen molar-refractivity contribution in [1.29, 1.82) is 5.26 Å². The number of benzene rings is 2. The number of carbonyl (C=O) groups is 1. The SMILES string of the molecule is Cc1cc(C(=O)C(C#N)=Cc2cn(-c3ccccc3)nc2-c2cccnc2)c(C)n1-c1ccccc1F. The molecular formula is C30H22FN5O. The highest BCUT2D eigenvalue weighted by molar-refractivity contribution is 6.15. The summed E-state index contributed by atoms with van der Waals surface area (Å²) in [5, 5.41) is 14.7. The lowest BCUT2D eigenvalue weighted by atomic mass is 10.0. The number of nitriles is 1. The van der Waals surface area contributed by atoms with Gasteiger partial charge in [0.05, 0.1) is 11.4 Å². The van der Waals surface area contributed by atoms with E-state index >= 15 is 0 Å². The van der Waals surface area contributed by atoms with Crippen molar-refractivity contribution in [3.8, 4) is 28.7 Å². The van der Waals surface area contributed by atoms with Crippen molar-refractivity contribution in [2.75, 3.05) is 0 Å². The molecule has 0 saturated carbocycles. The van der Waals surface area contributed by atoms with Gasteiger partial charge in [-0.2, -0.15) is 10.4 Å². The van der Waals surface area contributed by atoms with Crippen LogP contribution in [0.4, 0.5) is 4.39 Å². The Bertz CT molecular complexity index is 1670. The summed E-state index contributed by atoms with van der Waals surface area (Å²) >= 11 is 0. The smallest absolute Gasteiger partial charge is 0.205 e. The van der Waals surface area contributed by atoms with Gasteiger partial charge in [-0.05, 0) is 62.4 Å². The quantitative estimate of drug-likeness (QED) is 0.161. The molecule has 2 aromatic carbocycles. The summed E-state index contributed by atoms with van der Waals surface area (Å²) < 4.78 is 17.9. The van der Waals surface area contributed by atoms with Gasteiger partial charge in [-0.1, -0.05) is 30.3 Å². The second kappa shape index (κ2) is 9.88. The second-order valence-electron chi connectivity index (χ2n) is 8.53. The molecule has 0 N–H and O–H groups in total. The van der Waals surface area contributed by atoms with Gasteiger partial charge in [0.15, 0.2) is 0 Å². The number of para-hydroxylation sites is 2. The average molecular weight is 488 g/mol. The molecule has 0 aliphatic rings. The standard InChI is InChI=1S/C30H22FN5O/c1-20-15-26(21(2)36(20)28-13-7-6-12-27(28)31)30(37)23(17-32)16-24-19-35(25-10-4-3-5-11-25)34-29(24)22-9-8-14-33-18-22/h3-16,18-19H,1-2H3. The van der Waals surface area contributed by atoms with Gasteiger partial charge in [0, 0.05) is 46.7 Å². The molecule has 5 aromatic rings. The number of nitrogens with zero attached hydrogens (tertiary/aromatic N) is 5. The topological polar surface area (TPSA) is 76.5 Å². The summed E-state index contributed by atoms with van der Waals surface area (Å²) in [6, 6.07) is 23.4. The molecule has 3 aromatic heterocycles. The van der Waals surface area contributed by atoms with E-state index in [1.165, 1.54) is 6.07 Å². The van der Waals surface area contributed by atoms with E-state index in [2.05, 4.69) is 11.1 Å². The van der Waals surface area contributed by atoms with E-state index in [0.29, 0.717) is 33.9 Å². The van der Waals surface area contributed by atoms with Crippen molar-refractivity contribution >= 4 is 11.9 Å². The maximum atomic E-state index is 14.5. The summed E-state index contributed by atoms with van der Waals surface area (Å²) in [5.41, 5.74) is 4.67. The first-order valence-corrected chi connectivity index (χ1v) is 11.6. The van der Waals surface area contributed by atoms with Crippen LogP contribution in [0.25, 0.3) is 28.7 Å². The van der Waals surface area contributed by atoms with Gasteiger partial charge < -0.3 is 4.57 Å². The van der Waals surface area contributed by atoms with E-state index in [0.717, 1.165) is 11.3 Å². The fourth-order valence-electron chi connectivity index (χ4n) is 4.38. The number of halogens is 1. The fourth-order valence-corrected chi connectivity index (χ4v) is 4.38. The Morgan fingerprint density at radius 3 is 2.49 bits per heavy atom. The van der Waals surface area contributed by atoms with Crippen LogP contribution in [0.3, 0.4) is 0 Å². The van der Waals surface area contributed by atoms with E-state index in [4.69, 9.17) is 5.10 Å². The van der Waals surface area contributed by atoms with Crippen molar-refractivity contribution in [3.05, 3.63) is 125 Å². The molecule has 0 radical (unpaired) electrons. The molecular weight excluding hydrogens is 465 g/mol.